The van der Waals surface area contributed by atoms with Crippen LogP contribution in [0.5, 0.6) is 0 Å². The maximum Gasteiger partial charge on any atom is 0.264 e. The van der Waals surface area contributed by atoms with Gasteiger partial charge in [0.2, 0.25) is 11.8 Å². The number of anilines is 2. The second-order valence-corrected chi connectivity index (χ2v) is 19.0. The summed E-state index contributed by atoms with van der Waals surface area (Å²) >= 11 is 0. The molecular weight excluding hydrogens is 649 g/mol. The molecule has 0 bridgehead atoms. The maximum atomic E-state index is 14.9. The largest absolute Gasteiger partial charge is 0.432 e. The van der Waals surface area contributed by atoms with Crippen molar-refractivity contribution in [2.45, 2.75) is 82.1 Å². The van der Waals surface area contributed by atoms with Gasteiger partial charge in [-0.15, -0.1) is 0 Å². The fourth-order valence-electron chi connectivity index (χ4n) is 8.93. The van der Waals surface area contributed by atoms with Gasteiger partial charge in [-0.25, -0.2) is 0 Å². The summed E-state index contributed by atoms with van der Waals surface area (Å²) in [5.41, 5.74) is 3.13. The number of aliphatic hydroxyl groups is 1. The van der Waals surface area contributed by atoms with Gasteiger partial charge in [-0.3, -0.25) is 14.4 Å². The number of nitrogens with one attached hydrogen (secondary N) is 2. The van der Waals surface area contributed by atoms with Gasteiger partial charge in [-0.2, -0.15) is 0 Å². The summed E-state index contributed by atoms with van der Waals surface area (Å²) in [5.74, 6) is -1.09. The van der Waals surface area contributed by atoms with E-state index in [4.69, 9.17) is 4.74 Å². The Labute approximate surface area is 294 Å². The minimum atomic E-state index is -3.05. The van der Waals surface area contributed by atoms with E-state index < -0.39 is 31.5 Å². The first kappa shape index (κ1) is 34.6. The molecule has 4 aliphatic rings. The van der Waals surface area contributed by atoms with Gasteiger partial charge < -0.3 is 35.1 Å². The van der Waals surface area contributed by atoms with E-state index in [9.17, 15) is 24.3 Å². The molecule has 1 spiro atoms. The van der Waals surface area contributed by atoms with Gasteiger partial charge >= 0.3 is 0 Å². The Morgan fingerprint density at radius 2 is 1.80 bits per heavy atom. The van der Waals surface area contributed by atoms with E-state index in [2.05, 4.69) is 10.6 Å². The number of hydrogen-bond acceptors (Lipinski definition) is 7. The summed E-state index contributed by atoms with van der Waals surface area (Å²) in [5, 5.41) is 16.7. The van der Waals surface area contributed by atoms with Crippen LogP contribution in [0.1, 0.15) is 48.4 Å². The highest BCUT2D eigenvalue weighted by Crippen LogP contribution is 2.60. The highest BCUT2D eigenvalue weighted by Gasteiger charge is 2.66. The third kappa shape index (κ3) is 6.19. The van der Waals surface area contributed by atoms with Crippen molar-refractivity contribution in [1.29, 1.82) is 0 Å². The maximum absolute atomic E-state index is 14.9. The summed E-state index contributed by atoms with van der Waals surface area (Å²) in [6, 6.07) is 22.9. The molecule has 4 heterocycles. The number of fused-ring (bicyclic) bond motifs is 3. The zero-order valence-electron chi connectivity index (χ0n) is 29.1. The van der Waals surface area contributed by atoms with Crippen LogP contribution >= 0.6 is 0 Å². The first-order chi connectivity index (χ1) is 24.0. The molecule has 4 N–H and O–H groups in total. The smallest absolute Gasteiger partial charge is 0.264 e. The molecule has 11 heteroatoms. The van der Waals surface area contributed by atoms with E-state index in [1.807, 2.05) is 92.8 Å². The average molecular weight is 697 g/mol. The van der Waals surface area contributed by atoms with E-state index in [0.717, 1.165) is 36.1 Å². The molecule has 1 unspecified atom stereocenters. The van der Waals surface area contributed by atoms with Crippen LogP contribution in [0.4, 0.5) is 11.4 Å². The van der Waals surface area contributed by atoms with Crippen LogP contribution < -0.4 is 15.5 Å². The Kier molecular flexibility index (Phi) is 9.46. The lowest BCUT2D eigenvalue weighted by molar-refractivity contribution is -0.151. The fourth-order valence-corrected chi connectivity index (χ4v) is 11.5. The molecule has 7 rings (SSSR count). The van der Waals surface area contributed by atoms with Crippen LogP contribution in [0.15, 0.2) is 72.8 Å². The van der Waals surface area contributed by atoms with E-state index in [-0.39, 0.29) is 42.7 Å². The summed E-state index contributed by atoms with van der Waals surface area (Å²) in [6.07, 6.45) is 1.54. The topological polar surface area (TPSA) is 131 Å². The molecule has 2 fully saturated rings. The Morgan fingerprint density at radius 3 is 2.50 bits per heavy atom. The summed E-state index contributed by atoms with van der Waals surface area (Å²) in [6.45, 7) is 7.71. The molecule has 0 aromatic heterocycles. The third-order valence-corrected chi connectivity index (χ3v) is 13.9. The Morgan fingerprint density at radius 1 is 1.06 bits per heavy atom. The average Bonchev–Trinajstić information content (AvgIpc) is 3.54. The summed E-state index contributed by atoms with van der Waals surface area (Å²) in [4.78, 5) is 57.7. The number of hydrogen-bond donors (Lipinski definition) is 4. The van der Waals surface area contributed by atoms with Crippen molar-refractivity contribution in [3.05, 3.63) is 95.1 Å². The number of carbonyl (C=O) groups excluding carboxylic acids is 3. The standard InChI is InChI=1S/C39H48N4O6Si/c1-25-36(50(2,3)48)34(20-35(45)42-23-29-13-8-7-12-27(29)18-31(42)24-44)49-39(25)32-19-30(41-37(46)28-14-9-17-40-21-28)15-16-33(32)43(38(39)47)22-26-10-5-4-6-11-26/h4-8,10-13,15-16,19,25,28,31,34,36,40,44,48H,9,14,17-18,20-24H2,1-3H3,(H,41,46)/t25-,28?,31-,34+,36-,39+/m0/s1. The van der Waals surface area contributed by atoms with Crippen LogP contribution in [0.25, 0.3) is 0 Å². The minimum absolute atomic E-state index is 0.0289. The zero-order valence-corrected chi connectivity index (χ0v) is 30.1. The first-order valence-corrected chi connectivity index (χ1v) is 20.9. The normalized spacial score (nSPS) is 27.7. The second kappa shape index (κ2) is 13.7. The number of amides is 3. The molecule has 6 atom stereocenters. The number of benzene rings is 3. The van der Waals surface area contributed by atoms with Crippen molar-refractivity contribution in [2.24, 2.45) is 11.8 Å². The van der Waals surface area contributed by atoms with Gasteiger partial charge in [0.1, 0.15) is 0 Å². The van der Waals surface area contributed by atoms with Gasteiger partial charge in [0.25, 0.3) is 5.91 Å². The van der Waals surface area contributed by atoms with Crippen LogP contribution in [0.3, 0.4) is 0 Å². The monoisotopic (exact) mass is 696 g/mol. The van der Waals surface area contributed by atoms with Gasteiger partial charge in [0.15, 0.2) is 13.9 Å². The molecule has 0 aliphatic carbocycles. The van der Waals surface area contributed by atoms with Crippen molar-refractivity contribution in [1.82, 2.24) is 10.2 Å². The van der Waals surface area contributed by atoms with E-state index in [0.29, 0.717) is 43.0 Å². The van der Waals surface area contributed by atoms with E-state index in [1.54, 1.807) is 9.80 Å². The van der Waals surface area contributed by atoms with Crippen molar-refractivity contribution in [3.8, 4) is 0 Å². The number of carbonyl (C=O) groups is 3. The molecule has 3 aromatic carbocycles. The Hall–Kier alpha value is -3.87. The van der Waals surface area contributed by atoms with Gasteiger partial charge in [-0.05, 0) is 73.8 Å². The molecular formula is C39H48N4O6Si. The molecule has 2 saturated heterocycles. The van der Waals surface area contributed by atoms with Crippen molar-refractivity contribution >= 4 is 37.4 Å². The van der Waals surface area contributed by atoms with Gasteiger partial charge in [0.05, 0.1) is 43.3 Å². The number of piperidine rings is 1. The fraction of sp³-hybridized carbons (Fsp3) is 0.462. The quantitative estimate of drug-likeness (QED) is 0.259. The van der Waals surface area contributed by atoms with Crippen molar-refractivity contribution < 1.29 is 29.0 Å². The molecule has 50 heavy (non-hydrogen) atoms. The highest BCUT2D eigenvalue weighted by atomic mass is 28.4. The lowest BCUT2D eigenvalue weighted by Gasteiger charge is -2.37. The van der Waals surface area contributed by atoms with Crippen LogP contribution in [-0.4, -0.2) is 72.7 Å². The van der Waals surface area contributed by atoms with E-state index >= 15 is 0 Å². The lowest BCUT2D eigenvalue weighted by atomic mass is 9.82. The zero-order chi connectivity index (χ0) is 35.2. The number of aliphatic hydroxyl groups excluding tert-OH is 1. The SMILES string of the molecule is C[C@H]1[C@H]([Si](C)(C)O)[C@@H](CC(=O)N2Cc3ccccc3C[C@H]2CO)O[C@]12C(=O)N(Cc1ccccc1)c1ccc(NC(=O)C3CCCNC3)cc12. The van der Waals surface area contributed by atoms with Crippen LogP contribution in [-0.2, 0) is 44.2 Å². The summed E-state index contributed by atoms with van der Waals surface area (Å²) in [7, 11) is -3.05. The Balaban J connectivity index is 1.24. The molecule has 10 nitrogen and oxygen atoms in total. The van der Waals surface area contributed by atoms with Crippen molar-refractivity contribution in [2.75, 3.05) is 29.9 Å². The van der Waals surface area contributed by atoms with Crippen molar-refractivity contribution in [3.63, 3.8) is 0 Å². The third-order valence-electron chi connectivity index (χ3n) is 11.4. The second-order valence-electron chi connectivity index (χ2n) is 15.0. The minimum Gasteiger partial charge on any atom is -0.432 e. The first-order valence-electron chi connectivity index (χ1n) is 17.9. The molecule has 0 radical (unpaired) electrons. The van der Waals surface area contributed by atoms with Gasteiger partial charge in [-0.1, -0.05) is 61.5 Å². The Bertz CT molecular complexity index is 1760. The number of rotatable bonds is 8. The lowest BCUT2D eigenvalue weighted by Crippen LogP contribution is -2.48. The highest BCUT2D eigenvalue weighted by molar-refractivity contribution is 6.71. The van der Waals surface area contributed by atoms with E-state index in [1.165, 1.54) is 0 Å². The number of ether oxygens (including phenoxy) is 1. The molecule has 264 valence electrons. The van der Waals surface area contributed by atoms with Crippen LogP contribution in [0.2, 0.25) is 18.6 Å². The van der Waals surface area contributed by atoms with Crippen LogP contribution in [0, 0.1) is 11.8 Å². The molecule has 0 saturated carbocycles. The van der Waals surface area contributed by atoms with Gasteiger partial charge in [0, 0.05) is 35.8 Å². The number of nitrogens with zero attached hydrogens (tertiary/aromatic N) is 2. The molecule has 4 aliphatic heterocycles. The predicted octanol–water partition coefficient (Wildman–Crippen LogP) is 4.31. The predicted molar refractivity (Wildman–Crippen MR) is 194 cm³/mol. The summed E-state index contributed by atoms with van der Waals surface area (Å²) < 4.78 is 6.99. The molecule has 3 aromatic rings. The molecule has 3 amide bonds.